The molecule has 0 fully saturated rings. The van der Waals surface area contributed by atoms with Crippen LogP contribution in [0.15, 0.2) is 6.20 Å². The number of hydrogen-bond acceptors (Lipinski definition) is 5. The predicted molar refractivity (Wildman–Crippen MR) is 68.1 cm³/mol. The lowest BCUT2D eigenvalue weighted by Crippen LogP contribution is -2.16. The maximum Gasteiger partial charge on any atom is 0.153 e. The van der Waals surface area contributed by atoms with E-state index in [2.05, 4.69) is 9.97 Å². The van der Waals surface area contributed by atoms with Gasteiger partial charge in [-0.1, -0.05) is 22.9 Å². The van der Waals surface area contributed by atoms with E-state index in [4.69, 9.17) is 17.3 Å². The van der Waals surface area contributed by atoms with Gasteiger partial charge in [-0.05, 0) is 19.3 Å². The minimum Gasteiger partial charge on any atom is -0.323 e. The number of fused-ring (bicyclic) bond motifs is 1. The van der Waals surface area contributed by atoms with Crippen molar-refractivity contribution in [2.45, 2.75) is 25.3 Å². The topological polar surface area (TPSA) is 51.8 Å². The lowest BCUT2D eigenvalue weighted by Gasteiger charge is -2.15. The first-order valence-electron chi connectivity index (χ1n) is 5.11. The van der Waals surface area contributed by atoms with Crippen LogP contribution in [0.1, 0.15) is 29.5 Å². The monoisotopic (exact) mass is 271 g/mol. The Balaban J connectivity index is 2.04. The zero-order valence-corrected chi connectivity index (χ0v) is 10.8. The van der Waals surface area contributed by atoms with Crippen LogP contribution in [0.25, 0.3) is 10.0 Å². The number of rotatable bonds is 1. The van der Waals surface area contributed by atoms with Gasteiger partial charge in [0.1, 0.15) is 4.34 Å². The molecule has 0 saturated heterocycles. The van der Waals surface area contributed by atoms with E-state index >= 15 is 0 Å². The molecular formula is C10H10ClN3S2. The highest BCUT2D eigenvalue weighted by atomic mass is 35.5. The van der Waals surface area contributed by atoms with Gasteiger partial charge in [-0.15, -0.1) is 11.3 Å². The smallest absolute Gasteiger partial charge is 0.153 e. The normalized spacial score (nSPS) is 19.8. The fourth-order valence-corrected chi connectivity index (χ4v) is 4.01. The van der Waals surface area contributed by atoms with Crippen molar-refractivity contribution in [1.82, 2.24) is 9.97 Å². The first-order chi connectivity index (χ1) is 7.74. The number of nitrogens with zero attached hydrogens (tertiary/aromatic N) is 2. The molecule has 16 heavy (non-hydrogen) atoms. The van der Waals surface area contributed by atoms with Crippen molar-refractivity contribution in [3.05, 3.63) is 21.1 Å². The van der Waals surface area contributed by atoms with Crippen molar-refractivity contribution in [3.8, 4) is 10.0 Å². The van der Waals surface area contributed by atoms with Crippen molar-refractivity contribution in [1.29, 1.82) is 0 Å². The van der Waals surface area contributed by atoms with Crippen LogP contribution < -0.4 is 5.73 Å². The van der Waals surface area contributed by atoms with E-state index in [0.717, 1.165) is 35.0 Å². The van der Waals surface area contributed by atoms with Gasteiger partial charge in [-0.3, -0.25) is 0 Å². The Hall–Kier alpha value is -0.490. The van der Waals surface area contributed by atoms with Gasteiger partial charge < -0.3 is 5.73 Å². The molecule has 1 atom stereocenters. The molecule has 1 aliphatic rings. The summed E-state index contributed by atoms with van der Waals surface area (Å²) in [5.74, 6) is 0. The zero-order chi connectivity index (χ0) is 11.1. The SMILES string of the molecule is NC1CCCc2sc(-c3ncc(Cl)s3)nc21. The van der Waals surface area contributed by atoms with Crippen molar-refractivity contribution in [2.24, 2.45) is 5.73 Å². The Labute approximate surface area is 106 Å². The number of aromatic nitrogens is 2. The maximum absolute atomic E-state index is 6.04. The van der Waals surface area contributed by atoms with Gasteiger partial charge in [-0.2, -0.15) is 0 Å². The van der Waals surface area contributed by atoms with Crippen LogP contribution in [0.3, 0.4) is 0 Å². The largest absolute Gasteiger partial charge is 0.323 e. The average Bonchev–Trinajstić information content (AvgIpc) is 2.84. The molecule has 0 amide bonds. The molecule has 2 heterocycles. The van der Waals surface area contributed by atoms with E-state index in [9.17, 15) is 0 Å². The molecule has 0 radical (unpaired) electrons. The molecule has 2 aromatic rings. The predicted octanol–water partition coefficient (Wildman–Crippen LogP) is 3.26. The Morgan fingerprint density at radius 3 is 2.94 bits per heavy atom. The van der Waals surface area contributed by atoms with Crippen molar-refractivity contribution >= 4 is 34.3 Å². The van der Waals surface area contributed by atoms with E-state index < -0.39 is 0 Å². The van der Waals surface area contributed by atoms with Crippen molar-refractivity contribution in [3.63, 3.8) is 0 Å². The van der Waals surface area contributed by atoms with Crippen molar-refractivity contribution in [2.75, 3.05) is 0 Å². The molecular weight excluding hydrogens is 262 g/mol. The summed E-state index contributed by atoms with van der Waals surface area (Å²) < 4.78 is 0.701. The summed E-state index contributed by atoms with van der Waals surface area (Å²) in [5.41, 5.74) is 7.11. The first-order valence-corrected chi connectivity index (χ1v) is 7.12. The second-order valence-electron chi connectivity index (χ2n) is 3.80. The summed E-state index contributed by atoms with van der Waals surface area (Å²) in [7, 11) is 0. The third-order valence-electron chi connectivity index (χ3n) is 2.66. The van der Waals surface area contributed by atoms with Crippen LogP contribution in [0.2, 0.25) is 4.34 Å². The van der Waals surface area contributed by atoms with E-state index in [1.54, 1.807) is 17.5 Å². The summed E-state index contributed by atoms with van der Waals surface area (Å²) in [4.78, 5) is 10.2. The molecule has 0 aliphatic heterocycles. The van der Waals surface area contributed by atoms with Gasteiger partial charge >= 0.3 is 0 Å². The molecule has 1 aliphatic carbocycles. The fraction of sp³-hybridized carbons (Fsp3) is 0.400. The molecule has 1 unspecified atom stereocenters. The minimum absolute atomic E-state index is 0.101. The molecule has 0 spiro atoms. The van der Waals surface area contributed by atoms with Crippen LogP contribution in [0.5, 0.6) is 0 Å². The van der Waals surface area contributed by atoms with Crippen LogP contribution >= 0.6 is 34.3 Å². The van der Waals surface area contributed by atoms with Crippen LogP contribution in [-0.4, -0.2) is 9.97 Å². The van der Waals surface area contributed by atoms with E-state index in [1.165, 1.54) is 16.2 Å². The summed E-state index contributed by atoms with van der Waals surface area (Å²) in [6.45, 7) is 0. The number of aryl methyl sites for hydroxylation is 1. The Kier molecular flexibility index (Phi) is 2.71. The lowest BCUT2D eigenvalue weighted by molar-refractivity contribution is 0.564. The van der Waals surface area contributed by atoms with Crippen molar-refractivity contribution < 1.29 is 0 Å². The Bertz CT molecular complexity index is 520. The first kappa shape index (κ1) is 10.7. The molecule has 0 saturated carbocycles. The van der Waals surface area contributed by atoms with Crippen LogP contribution in [0.4, 0.5) is 0 Å². The van der Waals surface area contributed by atoms with Gasteiger partial charge in [0.25, 0.3) is 0 Å². The summed E-state index contributed by atoms with van der Waals surface area (Å²) in [5, 5.41) is 1.86. The lowest BCUT2D eigenvalue weighted by atomic mass is 9.99. The van der Waals surface area contributed by atoms with Gasteiger partial charge in [-0.25, -0.2) is 9.97 Å². The molecule has 3 rings (SSSR count). The molecule has 6 heteroatoms. The summed E-state index contributed by atoms with van der Waals surface area (Å²) in [6, 6.07) is 0.101. The highest BCUT2D eigenvalue weighted by molar-refractivity contribution is 7.23. The Morgan fingerprint density at radius 2 is 2.25 bits per heavy atom. The van der Waals surface area contributed by atoms with E-state index in [0.29, 0.717) is 4.34 Å². The fourth-order valence-electron chi connectivity index (χ4n) is 1.90. The molecule has 84 valence electrons. The zero-order valence-electron chi connectivity index (χ0n) is 8.44. The molecule has 0 aromatic carbocycles. The summed E-state index contributed by atoms with van der Waals surface area (Å²) in [6.07, 6.45) is 4.96. The number of thiazole rings is 2. The van der Waals surface area contributed by atoms with Crippen LogP contribution in [0, 0.1) is 0 Å². The van der Waals surface area contributed by atoms with E-state index in [-0.39, 0.29) is 6.04 Å². The van der Waals surface area contributed by atoms with Gasteiger partial charge in [0.15, 0.2) is 10.0 Å². The minimum atomic E-state index is 0.101. The molecule has 2 aromatic heterocycles. The van der Waals surface area contributed by atoms with Gasteiger partial charge in [0.05, 0.1) is 11.9 Å². The number of halogens is 1. The maximum atomic E-state index is 6.04. The van der Waals surface area contributed by atoms with E-state index in [1.807, 2.05) is 0 Å². The van der Waals surface area contributed by atoms with Gasteiger partial charge in [0, 0.05) is 10.9 Å². The highest BCUT2D eigenvalue weighted by Gasteiger charge is 2.23. The third kappa shape index (κ3) is 1.78. The Morgan fingerprint density at radius 1 is 1.38 bits per heavy atom. The molecule has 2 N–H and O–H groups in total. The average molecular weight is 272 g/mol. The van der Waals surface area contributed by atoms with Crippen LogP contribution in [-0.2, 0) is 6.42 Å². The second kappa shape index (κ2) is 4.07. The second-order valence-corrected chi connectivity index (χ2v) is 6.54. The third-order valence-corrected chi connectivity index (χ3v) is 5.05. The number of nitrogens with two attached hydrogens (primary N) is 1. The highest BCUT2D eigenvalue weighted by Crippen LogP contribution is 2.37. The molecule has 0 bridgehead atoms. The molecule has 3 nitrogen and oxygen atoms in total. The number of hydrogen-bond donors (Lipinski definition) is 1. The quantitative estimate of drug-likeness (QED) is 0.866. The van der Waals surface area contributed by atoms with Gasteiger partial charge in [0.2, 0.25) is 0 Å². The summed E-state index contributed by atoms with van der Waals surface area (Å²) >= 11 is 9.04. The standard InChI is InChI=1S/C10H10ClN3S2/c11-7-4-13-9(16-7)10-14-8-5(12)2-1-3-6(8)15-10/h4-5H,1-3,12H2.